The molecule has 188 valence electrons. The number of hydrogen-bond donors (Lipinski definition) is 0. The van der Waals surface area contributed by atoms with E-state index in [0.29, 0.717) is 12.1 Å². The summed E-state index contributed by atoms with van der Waals surface area (Å²) in [6.07, 6.45) is -11.1. The molecule has 34 heavy (non-hydrogen) atoms. The van der Waals surface area contributed by atoms with Crippen molar-refractivity contribution < 1.29 is 48.3 Å². The van der Waals surface area contributed by atoms with Crippen molar-refractivity contribution in [3.05, 3.63) is 64.7 Å². The summed E-state index contributed by atoms with van der Waals surface area (Å²) in [5.41, 5.74) is -2.49. The fraction of sp³-hybridized carbons (Fsp3) is 0.429. The molecule has 1 aliphatic rings. The number of benzene rings is 2. The monoisotopic (exact) mass is 529 g/mol. The van der Waals surface area contributed by atoms with Gasteiger partial charge in [-0.3, -0.25) is 4.21 Å². The molecule has 0 bridgehead atoms. The first-order chi connectivity index (χ1) is 15.5. The molecule has 0 radical (unpaired) electrons. The molecule has 0 spiro atoms. The van der Waals surface area contributed by atoms with E-state index >= 15 is 0 Å². The van der Waals surface area contributed by atoms with Crippen LogP contribution in [0.15, 0.2) is 47.4 Å². The quantitative estimate of drug-likeness (QED) is 0.394. The van der Waals surface area contributed by atoms with Crippen molar-refractivity contribution in [2.24, 2.45) is 0 Å². The summed E-state index contributed by atoms with van der Waals surface area (Å²) >= 11 is -2.67. The third-order valence-electron chi connectivity index (χ3n) is 5.69. The van der Waals surface area contributed by atoms with Gasteiger partial charge in [-0.05, 0) is 61.2 Å². The normalized spacial score (nSPS) is 23.0. The maximum absolute atomic E-state index is 13.4. The van der Waals surface area contributed by atoms with Crippen LogP contribution in [0, 0.1) is 0 Å². The second-order valence-corrected chi connectivity index (χ2v) is 11.6. The van der Waals surface area contributed by atoms with Crippen LogP contribution in [-0.4, -0.2) is 28.5 Å². The molecular formula is C21H19F6O5S2-. The number of halogens is 6. The largest absolute Gasteiger partial charge is 0.772 e. The van der Waals surface area contributed by atoms with Crippen molar-refractivity contribution in [1.82, 2.24) is 0 Å². The van der Waals surface area contributed by atoms with E-state index in [0.717, 1.165) is 24.3 Å². The Morgan fingerprint density at radius 2 is 1.71 bits per heavy atom. The summed E-state index contributed by atoms with van der Waals surface area (Å²) < 4.78 is 132. The van der Waals surface area contributed by atoms with Crippen LogP contribution in [0.25, 0.3) is 0 Å². The van der Waals surface area contributed by atoms with Gasteiger partial charge >= 0.3 is 12.4 Å². The molecule has 0 N–H and O–H groups in total. The lowest BCUT2D eigenvalue weighted by Crippen LogP contribution is -2.42. The highest BCUT2D eigenvalue weighted by atomic mass is 32.2. The number of ether oxygens (including phenoxy) is 1. The number of rotatable bonds is 5. The first kappa shape index (κ1) is 26.6. The first-order valence-electron chi connectivity index (χ1n) is 9.83. The number of alkyl halides is 6. The Labute approximate surface area is 194 Å². The summed E-state index contributed by atoms with van der Waals surface area (Å²) in [6, 6.07) is 5.89. The third kappa shape index (κ3) is 5.64. The Hall–Kier alpha value is -1.96. The Balaban J connectivity index is 2.01. The predicted octanol–water partition coefficient (Wildman–Crippen LogP) is 5.19. The fourth-order valence-corrected chi connectivity index (χ4v) is 6.11. The van der Waals surface area contributed by atoms with Gasteiger partial charge in [-0.2, -0.15) is 26.3 Å². The molecule has 0 amide bonds. The van der Waals surface area contributed by atoms with E-state index in [1.807, 2.05) is 0 Å². The third-order valence-corrected chi connectivity index (χ3v) is 8.80. The van der Waals surface area contributed by atoms with Crippen LogP contribution in [0.1, 0.15) is 48.1 Å². The molecule has 1 saturated heterocycles. The highest BCUT2D eigenvalue weighted by Crippen LogP contribution is 2.44. The molecule has 3 atom stereocenters. The minimum Gasteiger partial charge on any atom is -0.772 e. The zero-order valence-corrected chi connectivity index (χ0v) is 19.2. The van der Waals surface area contributed by atoms with Crippen molar-refractivity contribution in [2.75, 3.05) is 6.61 Å². The maximum Gasteiger partial charge on any atom is 0.416 e. The topological polar surface area (TPSA) is 83.5 Å². The van der Waals surface area contributed by atoms with Crippen LogP contribution in [0.2, 0.25) is 0 Å². The molecular weight excluding hydrogens is 510 g/mol. The van der Waals surface area contributed by atoms with Crippen LogP contribution >= 0.6 is 0 Å². The Kier molecular flexibility index (Phi) is 7.25. The van der Waals surface area contributed by atoms with E-state index in [-0.39, 0.29) is 30.6 Å². The molecule has 1 heterocycles. The maximum atomic E-state index is 13.4. The van der Waals surface area contributed by atoms with Crippen LogP contribution < -0.4 is 0 Å². The average molecular weight is 530 g/mol. The van der Waals surface area contributed by atoms with Crippen molar-refractivity contribution in [3.8, 4) is 0 Å². The molecule has 3 unspecified atom stereocenters. The number of sulfone groups is 1. The first-order valence-corrected chi connectivity index (χ1v) is 12.6. The smallest absolute Gasteiger partial charge is 0.416 e. The standard InChI is InChI=1S/C21H20F6O5S2/c1-19(34(30,31)17-4-2-3-15(10-17)20(22,23)24)5-6-32-18(11-19)14-7-13(12-33(28)29)8-16(9-14)21(25,26)27/h2-4,7-10,18H,5-6,11-12H2,1H3,(H,28,29)/p-1. The van der Waals surface area contributed by atoms with Gasteiger partial charge in [0.15, 0.2) is 9.84 Å². The van der Waals surface area contributed by atoms with Crippen LogP contribution in [0.3, 0.4) is 0 Å². The molecule has 0 aromatic heterocycles. The van der Waals surface area contributed by atoms with Gasteiger partial charge in [0.1, 0.15) is 0 Å². The summed E-state index contributed by atoms with van der Waals surface area (Å²) in [5.74, 6) is -0.691. The lowest BCUT2D eigenvalue weighted by Gasteiger charge is -2.38. The van der Waals surface area contributed by atoms with E-state index in [1.54, 1.807) is 0 Å². The zero-order valence-electron chi connectivity index (χ0n) is 17.6. The second kappa shape index (κ2) is 9.25. The summed E-state index contributed by atoms with van der Waals surface area (Å²) in [4.78, 5) is -0.558. The second-order valence-electron chi connectivity index (χ2n) is 8.20. The van der Waals surface area contributed by atoms with E-state index in [1.165, 1.54) is 13.0 Å². The molecule has 2 aromatic carbocycles. The molecule has 1 fully saturated rings. The minimum atomic E-state index is -4.79. The van der Waals surface area contributed by atoms with Gasteiger partial charge in [-0.1, -0.05) is 23.2 Å². The lowest BCUT2D eigenvalue weighted by molar-refractivity contribution is -0.138. The van der Waals surface area contributed by atoms with Gasteiger partial charge in [0, 0.05) is 12.4 Å². The minimum absolute atomic E-state index is 0.0690. The highest BCUT2D eigenvalue weighted by molar-refractivity contribution is 7.92. The van der Waals surface area contributed by atoms with Crippen molar-refractivity contribution in [1.29, 1.82) is 0 Å². The Morgan fingerprint density at radius 3 is 2.29 bits per heavy atom. The molecule has 0 aliphatic carbocycles. The summed E-state index contributed by atoms with van der Waals surface area (Å²) in [7, 11) is -4.35. The molecule has 1 aliphatic heterocycles. The SMILES string of the molecule is CC1(S(=O)(=O)c2cccc(C(F)(F)F)c2)CCOC(c2cc(CS(=O)[O-])cc(C(F)(F)F)c2)C1. The van der Waals surface area contributed by atoms with Crippen molar-refractivity contribution in [2.45, 2.75) is 53.6 Å². The summed E-state index contributed by atoms with van der Waals surface area (Å²) in [6.45, 7) is 1.12. The molecule has 5 nitrogen and oxygen atoms in total. The molecule has 3 rings (SSSR count). The van der Waals surface area contributed by atoms with E-state index in [4.69, 9.17) is 4.74 Å². The van der Waals surface area contributed by atoms with Gasteiger partial charge in [-0.15, -0.1) is 0 Å². The van der Waals surface area contributed by atoms with Gasteiger partial charge in [0.05, 0.1) is 26.9 Å². The Bertz CT molecular complexity index is 1190. The van der Waals surface area contributed by atoms with Crippen molar-refractivity contribution >= 4 is 20.9 Å². The van der Waals surface area contributed by atoms with Gasteiger partial charge in [0.2, 0.25) is 0 Å². The van der Waals surface area contributed by atoms with Crippen LogP contribution in [0.5, 0.6) is 0 Å². The van der Waals surface area contributed by atoms with Crippen LogP contribution in [0.4, 0.5) is 26.3 Å². The van der Waals surface area contributed by atoms with Crippen molar-refractivity contribution in [3.63, 3.8) is 0 Å². The molecule has 13 heteroatoms. The summed E-state index contributed by atoms with van der Waals surface area (Å²) in [5, 5.41) is 0. The zero-order chi connectivity index (χ0) is 25.5. The van der Waals surface area contributed by atoms with E-state index in [9.17, 15) is 43.5 Å². The van der Waals surface area contributed by atoms with E-state index < -0.39 is 65.9 Å². The van der Waals surface area contributed by atoms with Gasteiger partial charge in [-0.25, -0.2) is 8.42 Å². The molecule has 0 saturated carbocycles. The fourth-order valence-electron chi connectivity index (χ4n) is 3.84. The van der Waals surface area contributed by atoms with Gasteiger partial charge in [0.25, 0.3) is 0 Å². The van der Waals surface area contributed by atoms with E-state index in [2.05, 4.69) is 0 Å². The van der Waals surface area contributed by atoms with Gasteiger partial charge < -0.3 is 9.29 Å². The molecule has 2 aromatic rings. The van der Waals surface area contributed by atoms with Crippen LogP contribution in [-0.2, 0) is 43.8 Å². The predicted molar refractivity (Wildman–Crippen MR) is 109 cm³/mol. The Morgan fingerprint density at radius 1 is 1.06 bits per heavy atom. The average Bonchev–Trinajstić information content (AvgIpc) is 2.72. The highest BCUT2D eigenvalue weighted by Gasteiger charge is 2.46. The number of hydrogen-bond acceptors (Lipinski definition) is 5. The lowest BCUT2D eigenvalue weighted by atomic mass is 9.91.